The molecule has 6 heteroatoms. The second-order valence-electron chi connectivity index (χ2n) is 4.78. The van der Waals surface area contributed by atoms with Crippen LogP contribution >= 0.6 is 0 Å². The Hall–Kier alpha value is -2.63. The van der Waals surface area contributed by atoms with Gasteiger partial charge in [-0.2, -0.15) is 0 Å². The van der Waals surface area contributed by atoms with Crippen molar-refractivity contribution in [1.29, 1.82) is 0 Å². The standard InChI is InChI=1S/C14H14N4O2/c15-12-3-1-2-10-5-7-17(9-11(10)12)13-4-6-16-8-14(13)18(19)20/h1-4,6,8H,5,7,9,15H2. The van der Waals surface area contributed by atoms with Crippen LogP contribution in [0.5, 0.6) is 0 Å². The number of pyridine rings is 1. The van der Waals surface area contributed by atoms with Crippen molar-refractivity contribution >= 4 is 17.1 Å². The van der Waals surface area contributed by atoms with Gasteiger partial charge in [-0.05, 0) is 29.7 Å². The molecule has 2 heterocycles. The normalized spacial score (nSPS) is 13.9. The van der Waals surface area contributed by atoms with Gasteiger partial charge in [0.2, 0.25) is 0 Å². The number of aromatic nitrogens is 1. The molecule has 0 saturated carbocycles. The monoisotopic (exact) mass is 270 g/mol. The number of hydrogen-bond acceptors (Lipinski definition) is 5. The number of rotatable bonds is 2. The highest BCUT2D eigenvalue weighted by Gasteiger charge is 2.24. The van der Waals surface area contributed by atoms with Crippen molar-refractivity contribution in [3.05, 3.63) is 57.9 Å². The van der Waals surface area contributed by atoms with Gasteiger partial charge in [0.1, 0.15) is 11.9 Å². The minimum absolute atomic E-state index is 0.0328. The first-order chi connectivity index (χ1) is 9.66. The van der Waals surface area contributed by atoms with E-state index in [4.69, 9.17) is 5.73 Å². The summed E-state index contributed by atoms with van der Waals surface area (Å²) in [5, 5.41) is 11.1. The van der Waals surface area contributed by atoms with Crippen LogP contribution in [0.1, 0.15) is 11.1 Å². The molecule has 0 atom stereocenters. The van der Waals surface area contributed by atoms with Gasteiger partial charge in [-0.1, -0.05) is 12.1 Å². The Morgan fingerprint density at radius 1 is 1.35 bits per heavy atom. The minimum Gasteiger partial charge on any atom is -0.398 e. The Morgan fingerprint density at radius 2 is 2.20 bits per heavy atom. The molecule has 1 aromatic carbocycles. The van der Waals surface area contributed by atoms with Gasteiger partial charge in [-0.3, -0.25) is 15.1 Å². The number of nitrogens with zero attached hydrogens (tertiary/aromatic N) is 3. The number of hydrogen-bond donors (Lipinski definition) is 1. The van der Waals surface area contributed by atoms with Gasteiger partial charge in [0.15, 0.2) is 0 Å². The van der Waals surface area contributed by atoms with Gasteiger partial charge in [0.05, 0.1) is 4.92 Å². The molecule has 0 bridgehead atoms. The van der Waals surface area contributed by atoms with E-state index in [-0.39, 0.29) is 5.69 Å². The van der Waals surface area contributed by atoms with E-state index in [9.17, 15) is 10.1 Å². The van der Waals surface area contributed by atoms with Crippen molar-refractivity contribution in [3.63, 3.8) is 0 Å². The second kappa shape index (κ2) is 4.80. The van der Waals surface area contributed by atoms with Crippen molar-refractivity contribution in [2.45, 2.75) is 13.0 Å². The van der Waals surface area contributed by atoms with Crippen LogP contribution in [0, 0.1) is 10.1 Å². The molecule has 20 heavy (non-hydrogen) atoms. The molecule has 1 aliphatic rings. The number of fused-ring (bicyclic) bond motifs is 1. The highest BCUT2D eigenvalue weighted by atomic mass is 16.6. The van der Waals surface area contributed by atoms with E-state index in [2.05, 4.69) is 11.1 Å². The van der Waals surface area contributed by atoms with Crippen molar-refractivity contribution in [1.82, 2.24) is 4.98 Å². The lowest BCUT2D eigenvalue weighted by molar-refractivity contribution is -0.384. The molecule has 2 aromatic rings. The zero-order valence-electron chi connectivity index (χ0n) is 10.8. The van der Waals surface area contributed by atoms with Crippen LogP contribution in [0.2, 0.25) is 0 Å². The summed E-state index contributed by atoms with van der Waals surface area (Å²) in [4.78, 5) is 16.5. The third-order valence-corrected chi connectivity index (χ3v) is 3.62. The summed E-state index contributed by atoms with van der Waals surface area (Å²) in [6, 6.07) is 7.55. The van der Waals surface area contributed by atoms with E-state index >= 15 is 0 Å². The largest absolute Gasteiger partial charge is 0.398 e. The molecule has 0 amide bonds. The molecule has 0 saturated heterocycles. The predicted octanol–water partition coefficient (Wildman–Crippen LogP) is 2.13. The predicted molar refractivity (Wildman–Crippen MR) is 76.5 cm³/mol. The molecular formula is C14H14N4O2. The molecule has 0 aliphatic carbocycles. The van der Waals surface area contributed by atoms with Crippen LogP contribution in [0.15, 0.2) is 36.7 Å². The van der Waals surface area contributed by atoms with E-state index in [1.165, 1.54) is 11.8 Å². The quantitative estimate of drug-likeness (QED) is 0.513. The smallest absolute Gasteiger partial charge is 0.310 e. The van der Waals surface area contributed by atoms with E-state index in [0.29, 0.717) is 12.2 Å². The second-order valence-corrected chi connectivity index (χ2v) is 4.78. The summed E-state index contributed by atoms with van der Waals surface area (Å²) < 4.78 is 0. The zero-order chi connectivity index (χ0) is 14.1. The average molecular weight is 270 g/mol. The molecule has 2 N–H and O–H groups in total. The third kappa shape index (κ3) is 2.05. The van der Waals surface area contributed by atoms with E-state index in [0.717, 1.165) is 24.2 Å². The number of benzene rings is 1. The molecule has 102 valence electrons. The lowest BCUT2D eigenvalue weighted by Crippen LogP contribution is -2.31. The Kier molecular flexibility index (Phi) is 2.98. The topological polar surface area (TPSA) is 85.3 Å². The van der Waals surface area contributed by atoms with Crippen LogP contribution in [-0.4, -0.2) is 16.5 Å². The summed E-state index contributed by atoms with van der Waals surface area (Å²) in [6.45, 7) is 1.33. The Labute approximate surface area is 116 Å². The van der Waals surface area contributed by atoms with Crippen LogP contribution in [0.25, 0.3) is 0 Å². The first kappa shape index (κ1) is 12.4. The fourth-order valence-corrected chi connectivity index (χ4v) is 2.60. The molecule has 1 aliphatic heterocycles. The fourth-order valence-electron chi connectivity index (χ4n) is 2.60. The van der Waals surface area contributed by atoms with Crippen molar-refractivity contribution in [2.24, 2.45) is 0 Å². The van der Waals surface area contributed by atoms with Gasteiger partial charge < -0.3 is 10.6 Å². The maximum absolute atomic E-state index is 11.1. The highest BCUT2D eigenvalue weighted by Crippen LogP contribution is 2.32. The number of nitrogen functional groups attached to an aromatic ring is 1. The number of nitro groups is 1. The molecule has 0 spiro atoms. The van der Waals surface area contributed by atoms with Gasteiger partial charge in [0, 0.05) is 25.0 Å². The van der Waals surface area contributed by atoms with Crippen LogP contribution < -0.4 is 10.6 Å². The summed E-state index contributed by atoms with van der Waals surface area (Å²) in [5.41, 5.74) is 9.66. The summed E-state index contributed by atoms with van der Waals surface area (Å²) in [6.07, 6.45) is 3.70. The average Bonchev–Trinajstić information content (AvgIpc) is 2.47. The molecule has 6 nitrogen and oxygen atoms in total. The molecule has 0 radical (unpaired) electrons. The Morgan fingerprint density at radius 3 is 3.00 bits per heavy atom. The first-order valence-corrected chi connectivity index (χ1v) is 6.36. The molecular weight excluding hydrogens is 256 g/mol. The fraction of sp³-hybridized carbons (Fsp3) is 0.214. The Balaban J connectivity index is 1.99. The van der Waals surface area contributed by atoms with Crippen molar-refractivity contribution < 1.29 is 4.92 Å². The number of anilines is 2. The highest BCUT2D eigenvalue weighted by molar-refractivity contribution is 5.64. The zero-order valence-corrected chi connectivity index (χ0v) is 10.8. The van der Waals surface area contributed by atoms with E-state index in [1.54, 1.807) is 12.3 Å². The first-order valence-electron chi connectivity index (χ1n) is 6.36. The maximum Gasteiger partial charge on any atom is 0.310 e. The summed E-state index contributed by atoms with van der Waals surface area (Å²) in [7, 11) is 0. The molecule has 0 unspecified atom stereocenters. The van der Waals surface area contributed by atoms with Gasteiger partial charge >= 0.3 is 5.69 Å². The van der Waals surface area contributed by atoms with Gasteiger partial charge in [-0.25, -0.2) is 0 Å². The summed E-state index contributed by atoms with van der Waals surface area (Å²) >= 11 is 0. The lowest BCUT2D eigenvalue weighted by atomic mass is 9.98. The van der Waals surface area contributed by atoms with Gasteiger partial charge in [0.25, 0.3) is 0 Å². The Bertz CT molecular complexity index is 672. The van der Waals surface area contributed by atoms with Crippen molar-refractivity contribution in [3.8, 4) is 0 Å². The van der Waals surface area contributed by atoms with E-state index in [1.807, 2.05) is 17.0 Å². The van der Waals surface area contributed by atoms with Crippen LogP contribution in [0.4, 0.5) is 17.1 Å². The van der Waals surface area contributed by atoms with E-state index < -0.39 is 4.92 Å². The maximum atomic E-state index is 11.1. The lowest BCUT2D eigenvalue weighted by Gasteiger charge is -2.31. The molecule has 1 aromatic heterocycles. The summed E-state index contributed by atoms with van der Waals surface area (Å²) in [5.74, 6) is 0. The minimum atomic E-state index is -0.397. The van der Waals surface area contributed by atoms with Crippen molar-refractivity contribution in [2.75, 3.05) is 17.2 Å². The molecule has 0 fully saturated rings. The molecule has 3 rings (SSSR count). The van der Waals surface area contributed by atoms with Crippen LogP contribution in [-0.2, 0) is 13.0 Å². The number of nitrogens with two attached hydrogens (primary N) is 1. The van der Waals surface area contributed by atoms with Crippen LogP contribution in [0.3, 0.4) is 0 Å². The SMILES string of the molecule is Nc1cccc2c1CN(c1ccncc1[N+](=O)[O-])CC2. The third-order valence-electron chi connectivity index (χ3n) is 3.62. The van der Waals surface area contributed by atoms with Gasteiger partial charge in [-0.15, -0.1) is 0 Å².